The number of nitrogens with zero attached hydrogens (tertiary/aromatic N) is 2. The molecule has 0 saturated heterocycles. The lowest BCUT2D eigenvalue weighted by Gasteiger charge is -2.17. The third kappa shape index (κ3) is 2.98. The van der Waals surface area contributed by atoms with Crippen LogP contribution >= 0.6 is 34.0 Å². The van der Waals surface area contributed by atoms with Gasteiger partial charge in [-0.15, -0.1) is 34.0 Å². The van der Waals surface area contributed by atoms with E-state index in [1.807, 2.05) is 6.21 Å². The first kappa shape index (κ1) is 15.8. The van der Waals surface area contributed by atoms with E-state index in [1.54, 1.807) is 34.0 Å². The zero-order chi connectivity index (χ0) is 16.5. The predicted octanol–water partition coefficient (Wildman–Crippen LogP) is 6.29. The molecule has 0 aliphatic heterocycles. The van der Waals surface area contributed by atoms with Crippen molar-refractivity contribution in [2.24, 2.45) is 10.9 Å². The number of aliphatic imine (C=N–C) groups is 1. The summed E-state index contributed by atoms with van der Waals surface area (Å²) in [6.45, 7) is 2.29. The van der Waals surface area contributed by atoms with Gasteiger partial charge in [0.2, 0.25) is 0 Å². The summed E-state index contributed by atoms with van der Waals surface area (Å²) in [4.78, 5) is 9.71. The second kappa shape index (κ2) is 6.64. The summed E-state index contributed by atoms with van der Waals surface area (Å²) in [6.07, 6.45) is 5.19. The first-order valence-corrected chi connectivity index (χ1v) is 10.5. The van der Waals surface area contributed by atoms with Gasteiger partial charge in [0, 0.05) is 25.7 Å². The minimum Gasteiger partial charge on any atom is -0.243 e. The maximum absolute atomic E-state index is 9.54. The Bertz CT molecular complexity index is 923. The number of rotatable bonds is 3. The van der Waals surface area contributed by atoms with E-state index in [9.17, 15) is 5.26 Å². The van der Waals surface area contributed by atoms with Gasteiger partial charge in [-0.2, -0.15) is 5.26 Å². The largest absolute Gasteiger partial charge is 0.243 e. The maximum Gasteiger partial charge on any atom is 0.134 e. The van der Waals surface area contributed by atoms with Crippen molar-refractivity contribution in [3.63, 3.8) is 0 Å². The second-order valence-electron chi connectivity index (χ2n) is 6.08. The highest BCUT2D eigenvalue weighted by Crippen LogP contribution is 2.41. The molecule has 1 atom stereocenters. The van der Waals surface area contributed by atoms with Crippen molar-refractivity contribution in [2.45, 2.75) is 26.2 Å². The Kier molecular flexibility index (Phi) is 4.36. The van der Waals surface area contributed by atoms with Gasteiger partial charge in [-0.25, -0.2) is 4.99 Å². The van der Waals surface area contributed by atoms with Crippen LogP contribution in [-0.4, -0.2) is 6.21 Å². The number of hydrogen-bond acceptors (Lipinski definition) is 5. The van der Waals surface area contributed by atoms with Crippen LogP contribution in [0.1, 0.15) is 34.2 Å². The van der Waals surface area contributed by atoms with Gasteiger partial charge in [-0.3, -0.25) is 0 Å². The van der Waals surface area contributed by atoms with Crippen LogP contribution in [-0.2, 0) is 12.8 Å². The fourth-order valence-electron chi connectivity index (χ4n) is 3.04. The van der Waals surface area contributed by atoms with Crippen molar-refractivity contribution < 1.29 is 0 Å². The molecule has 3 aromatic heterocycles. The molecule has 0 radical (unpaired) electrons. The minimum absolute atomic E-state index is 0.713. The molecule has 0 aromatic carbocycles. The van der Waals surface area contributed by atoms with Crippen molar-refractivity contribution in [1.29, 1.82) is 5.26 Å². The van der Waals surface area contributed by atoms with Gasteiger partial charge >= 0.3 is 0 Å². The van der Waals surface area contributed by atoms with Gasteiger partial charge in [0.15, 0.2) is 0 Å². The standard InChI is InChI=1S/C19H16N2S3/c1-12-4-6-14-15(10-20)19(24-18(14)9-12)21-11-13-5-7-17(23-13)16-3-2-8-22-16/h2-3,5,7-8,11-12H,4,6,9H2,1H3/t12-/m0/s1. The summed E-state index contributed by atoms with van der Waals surface area (Å²) in [7, 11) is 0. The van der Waals surface area contributed by atoms with Crippen LogP contribution < -0.4 is 0 Å². The second-order valence-corrected chi connectivity index (χ2v) is 9.23. The fraction of sp³-hybridized carbons (Fsp3) is 0.263. The van der Waals surface area contributed by atoms with Crippen LogP contribution in [0, 0.1) is 17.2 Å². The van der Waals surface area contributed by atoms with Crippen molar-refractivity contribution in [3.8, 4) is 15.8 Å². The van der Waals surface area contributed by atoms with E-state index in [4.69, 9.17) is 0 Å². The molecule has 0 amide bonds. The van der Waals surface area contributed by atoms with Gasteiger partial charge in [0.05, 0.1) is 5.56 Å². The molecular formula is C19H16N2S3. The lowest BCUT2D eigenvalue weighted by Crippen LogP contribution is -2.09. The molecule has 120 valence electrons. The van der Waals surface area contributed by atoms with Crippen molar-refractivity contribution in [3.05, 3.63) is 50.5 Å². The summed E-state index contributed by atoms with van der Waals surface area (Å²) in [5, 5.41) is 12.5. The van der Waals surface area contributed by atoms with Crippen molar-refractivity contribution >= 4 is 45.2 Å². The normalized spacial score (nSPS) is 17.1. The third-order valence-electron chi connectivity index (χ3n) is 4.30. The van der Waals surface area contributed by atoms with E-state index in [0.717, 1.165) is 28.3 Å². The highest BCUT2D eigenvalue weighted by atomic mass is 32.1. The monoisotopic (exact) mass is 368 g/mol. The van der Waals surface area contributed by atoms with E-state index < -0.39 is 0 Å². The molecule has 1 aliphatic carbocycles. The Morgan fingerprint density at radius 3 is 2.96 bits per heavy atom. The van der Waals surface area contributed by atoms with E-state index in [2.05, 4.69) is 47.6 Å². The summed E-state index contributed by atoms with van der Waals surface area (Å²) in [5.74, 6) is 0.713. The van der Waals surface area contributed by atoms with Crippen molar-refractivity contribution in [1.82, 2.24) is 0 Å². The Morgan fingerprint density at radius 1 is 1.25 bits per heavy atom. The molecule has 0 saturated carbocycles. The Labute approximate surface area is 153 Å². The van der Waals surface area contributed by atoms with Gasteiger partial charge < -0.3 is 0 Å². The number of hydrogen-bond donors (Lipinski definition) is 0. The smallest absolute Gasteiger partial charge is 0.134 e. The molecule has 2 nitrogen and oxygen atoms in total. The quantitative estimate of drug-likeness (QED) is 0.501. The predicted molar refractivity (Wildman–Crippen MR) is 105 cm³/mol. The summed E-state index contributed by atoms with van der Waals surface area (Å²) in [5.41, 5.74) is 2.05. The Balaban J connectivity index is 1.62. The molecule has 5 heteroatoms. The average molecular weight is 369 g/mol. The Hall–Kier alpha value is -1.74. The van der Waals surface area contributed by atoms with Gasteiger partial charge in [-0.05, 0) is 54.3 Å². The highest BCUT2D eigenvalue weighted by molar-refractivity contribution is 7.22. The summed E-state index contributed by atoms with van der Waals surface area (Å²) < 4.78 is 0. The average Bonchev–Trinajstić information content (AvgIpc) is 3.30. The summed E-state index contributed by atoms with van der Waals surface area (Å²) in [6, 6.07) is 10.8. The molecule has 24 heavy (non-hydrogen) atoms. The number of fused-ring (bicyclic) bond motifs is 1. The molecular weight excluding hydrogens is 352 g/mol. The van der Waals surface area contributed by atoms with Gasteiger partial charge in [-0.1, -0.05) is 13.0 Å². The lowest BCUT2D eigenvalue weighted by molar-refractivity contribution is 0.507. The molecule has 3 heterocycles. The van der Waals surface area contributed by atoms with Crippen molar-refractivity contribution in [2.75, 3.05) is 0 Å². The van der Waals surface area contributed by atoms with Crippen LogP contribution in [0.3, 0.4) is 0 Å². The zero-order valence-electron chi connectivity index (χ0n) is 13.3. The maximum atomic E-state index is 9.54. The van der Waals surface area contributed by atoms with E-state index >= 15 is 0 Å². The molecule has 0 fully saturated rings. The van der Waals surface area contributed by atoms with E-state index in [0.29, 0.717) is 5.92 Å². The van der Waals surface area contributed by atoms with Crippen LogP contribution in [0.4, 0.5) is 5.00 Å². The Morgan fingerprint density at radius 2 is 2.17 bits per heavy atom. The number of nitriles is 1. The minimum atomic E-state index is 0.713. The fourth-order valence-corrected chi connectivity index (χ4v) is 6.06. The van der Waals surface area contributed by atoms with Gasteiger partial charge in [0.1, 0.15) is 11.1 Å². The van der Waals surface area contributed by atoms with Crippen LogP contribution in [0.25, 0.3) is 9.75 Å². The molecule has 0 unspecified atom stereocenters. The van der Waals surface area contributed by atoms with Crippen LogP contribution in [0.15, 0.2) is 34.6 Å². The summed E-state index contributed by atoms with van der Waals surface area (Å²) >= 11 is 5.19. The topological polar surface area (TPSA) is 36.1 Å². The zero-order valence-corrected chi connectivity index (χ0v) is 15.7. The molecule has 0 bridgehead atoms. The highest BCUT2D eigenvalue weighted by Gasteiger charge is 2.23. The molecule has 0 spiro atoms. The lowest BCUT2D eigenvalue weighted by atomic mass is 9.89. The van der Waals surface area contributed by atoms with E-state index in [1.165, 1.54) is 26.6 Å². The van der Waals surface area contributed by atoms with Crippen LogP contribution in [0.2, 0.25) is 0 Å². The molecule has 1 aliphatic rings. The first-order valence-electron chi connectivity index (χ1n) is 7.97. The van der Waals surface area contributed by atoms with Crippen LogP contribution in [0.5, 0.6) is 0 Å². The number of thiophene rings is 3. The first-order chi connectivity index (χ1) is 11.7. The molecule has 3 aromatic rings. The van der Waals surface area contributed by atoms with Gasteiger partial charge in [0.25, 0.3) is 0 Å². The van der Waals surface area contributed by atoms with E-state index in [-0.39, 0.29) is 0 Å². The SMILES string of the molecule is C[C@H]1CCc2c(sc(N=Cc3ccc(-c4cccs4)s3)c2C#N)C1. The third-order valence-corrected chi connectivity index (χ3v) is 7.55. The molecule has 0 N–H and O–H groups in total. The molecule has 4 rings (SSSR count).